The number of nitrogens with two attached hydrogens (primary N) is 1. The average molecular weight is 232 g/mol. The molecule has 0 aromatic carbocycles. The molecular weight excluding hydrogens is 208 g/mol. The zero-order chi connectivity index (χ0) is 12.4. The van der Waals surface area contributed by atoms with E-state index in [2.05, 4.69) is 5.32 Å². The monoisotopic (exact) mass is 232 g/mol. The Balaban J connectivity index is 3.62. The number of carbonyl (C=O) groups is 1. The molecule has 5 nitrogen and oxygen atoms in total. The van der Waals surface area contributed by atoms with Gasteiger partial charge in [0.05, 0.1) is 12.7 Å². The zero-order valence-electron chi connectivity index (χ0n) is 10.5. The molecule has 16 heavy (non-hydrogen) atoms. The molecule has 0 aliphatic rings. The van der Waals surface area contributed by atoms with E-state index in [0.717, 1.165) is 6.42 Å². The van der Waals surface area contributed by atoms with Crippen LogP contribution in [0.1, 0.15) is 19.8 Å². The van der Waals surface area contributed by atoms with Crippen molar-refractivity contribution < 1.29 is 14.3 Å². The van der Waals surface area contributed by atoms with Crippen LogP contribution < -0.4 is 11.1 Å². The van der Waals surface area contributed by atoms with Crippen molar-refractivity contribution in [2.45, 2.75) is 25.9 Å². The number of amides is 1. The van der Waals surface area contributed by atoms with Crippen molar-refractivity contribution in [1.29, 1.82) is 0 Å². The van der Waals surface area contributed by atoms with Crippen molar-refractivity contribution >= 4 is 5.91 Å². The molecule has 0 aliphatic heterocycles. The van der Waals surface area contributed by atoms with Gasteiger partial charge in [0, 0.05) is 27.2 Å². The van der Waals surface area contributed by atoms with Crippen molar-refractivity contribution in [3.8, 4) is 0 Å². The number of methoxy groups -OCH3 is 2. The highest BCUT2D eigenvalue weighted by atomic mass is 16.5. The first-order chi connectivity index (χ1) is 7.63. The Morgan fingerprint density at radius 1 is 1.44 bits per heavy atom. The molecule has 0 heterocycles. The first kappa shape index (κ1) is 15.3. The number of rotatable bonds is 9. The van der Waals surface area contributed by atoms with Crippen molar-refractivity contribution in [3.63, 3.8) is 0 Å². The number of ether oxygens (including phenoxy) is 2. The summed E-state index contributed by atoms with van der Waals surface area (Å²) >= 11 is 0. The summed E-state index contributed by atoms with van der Waals surface area (Å²) in [6.45, 7) is 3.63. The topological polar surface area (TPSA) is 73.6 Å². The normalized spacial score (nSPS) is 14.5. The van der Waals surface area contributed by atoms with Gasteiger partial charge >= 0.3 is 0 Å². The van der Waals surface area contributed by atoms with Crippen molar-refractivity contribution in [1.82, 2.24) is 5.32 Å². The smallest absolute Gasteiger partial charge is 0.220 e. The molecule has 96 valence electrons. The van der Waals surface area contributed by atoms with Crippen LogP contribution in [0.25, 0.3) is 0 Å². The van der Waals surface area contributed by atoms with Crippen LogP contribution in [0, 0.1) is 5.92 Å². The van der Waals surface area contributed by atoms with Crippen LogP contribution in [0.2, 0.25) is 0 Å². The van der Waals surface area contributed by atoms with Gasteiger partial charge in [-0.2, -0.15) is 0 Å². The largest absolute Gasteiger partial charge is 0.382 e. The summed E-state index contributed by atoms with van der Waals surface area (Å²) in [6.07, 6.45) is 1.26. The SMILES string of the molecule is COCC(CNC(=O)CCC(C)CN)OC. The van der Waals surface area contributed by atoms with E-state index in [1.165, 1.54) is 0 Å². The third-order valence-electron chi connectivity index (χ3n) is 2.48. The molecule has 0 aliphatic carbocycles. The first-order valence-electron chi connectivity index (χ1n) is 5.62. The Kier molecular flexibility index (Phi) is 9.18. The first-order valence-corrected chi connectivity index (χ1v) is 5.62. The third-order valence-corrected chi connectivity index (χ3v) is 2.48. The summed E-state index contributed by atoms with van der Waals surface area (Å²) in [4.78, 5) is 11.4. The summed E-state index contributed by atoms with van der Waals surface area (Å²) in [5, 5.41) is 2.81. The van der Waals surface area contributed by atoms with Crippen molar-refractivity contribution in [2.24, 2.45) is 11.7 Å². The van der Waals surface area contributed by atoms with Crippen molar-refractivity contribution in [3.05, 3.63) is 0 Å². The average Bonchev–Trinajstić information content (AvgIpc) is 2.31. The highest BCUT2D eigenvalue weighted by molar-refractivity contribution is 5.75. The van der Waals surface area contributed by atoms with Gasteiger partial charge < -0.3 is 20.5 Å². The maximum absolute atomic E-state index is 11.4. The Morgan fingerprint density at radius 3 is 2.62 bits per heavy atom. The minimum atomic E-state index is -0.0825. The van der Waals surface area contributed by atoms with Gasteiger partial charge in [-0.15, -0.1) is 0 Å². The van der Waals surface area contributed by atoms with Crippen LogP contribution in [0.15, 0.2) is 0 Å². The van der Waals surface area contributed by atoms with E-state index >= 15 is 0 Å². The minimum Gasteiger partial charge on any atom is -0.382 e. The second-order valence-corrected chi connectivity index (χ2v) is 4.00. The van der Waals surface area contributed by atoms with E-state index in [1.807, 2.05) is 6.92 Å². The van der Waals surface area contributed by atoms with Crippen LogP contribution in [-0.2, 0) is 14.3 Å². The third kappa shape index (κ3) is 7.62. The molecule has 0 saturated carbocycles. The fourth-order valence-electron chi connectivity index (χ4n) is 1.21. The van der Waals surface area contributed by atoms with E-state index in [-0.39, 0.29) is 12.0 Å². The molecule has 0 spiro atoms. The van der Waals surface area contributed by atoms with Gasteiger partial charge in [-0.05, 0) is 18.9 Å². The number of nitrogens with one attached hydrogen (secondary N) is 1. The van der Waals surface area contributed by atoms with E-state index in [4.69, 9.17) is 15.2 Å². The van der Waals surface area contributed by atoms with Crippen LogP contribution in [0.3, 0.4) is 0 Å². The van der Waals surface area contributed by atoms with Crippen molar-refractivity contribution in [2.75, 3.05) is 33.9 Å². The molecule has 0 aromatic heterocycles. The lowest BCUT2D eigenvalue weighted by molar-refractivity contribution is -0.122. The zero-order valence-corrected chi connectivity index (χ0v) is 10.5. The predicted molar refractivity (Wildman–Crippen MR) is 63.1 cm³/mol. The summed E-state index contributed by atoms with van der Waals surface area (Å²) in [6, 6.07) is 0. The van der Waals surface area contributed by atoms with Gasteiger partial charge in [-0.25, -0.2) is 0 Å². The molecule has 0 fully saturated rings. The predicted octanol–water partition coefficient (Wildman–Crippen LogP) is 0.139. The molecule has 0 saturated heterocycles. The highest BCUT2D eigenvalue weighted by Crippen LogP contribution is 2.02. The van der Waals surface area contributed by atoms with E-state index in [9.17, 15) is 4.79 Å². The molecule has 5 heteroatoms. The Labute approximate surface area is 97.7 Å². The summed E-state index contributed by atoms with van der Waals surface area (Å²) in [5.74, 6) is 0.432. The molecule has 3 N–H and O–H groups in total. The van der Waals surface area contributed by atoms with Gasteiger partial charge in [-0.3, -0.25) is 4.79 Å². The van der Waals surface area contributed by atoms with Gasteiger partial charge in [-0.1, -0.05) is 6.92 Å². The summed E-state index contributed by atoms with van der Waals surface area (Å²) in [7, 11) is 3.21. The fourth-order valence-corrected chi connectivity index (χ4v) is 1.21. The summed E-state index contributed by atoms with van der Waals surface area (Å²) < 4.78 is 10.1. The number of hydrogen-bond acceptors (Lipinski definition) is 4. The van der Waals surface area contributed by atoms with E-state index in [0.29, 0.717) is 32.0 Å². The van der Waals surface area contributed by atoms with E-state index in [1.54, 1.807) is 14.2 Å². The molecule has 0 bridgehead atoms. The van der Waals surface area contributed by atoms with Gasteiger partial charge in [0.25, 0.3) is 0 Å². The molecule has 2 unspecified atom stereocenters. The maximum Gasteiger partial charge on any atom is 0.220 e. The number of hydrogen-bond donors (Lipinski definition) is 2. The number of carbonyl (C=O) groups excluding carboxylic acids is 1. The molecule has 1 amide bonds. The lowest BCUT2D eigenvalue weighted by Crippen LogP contribution is -2.35. The van der Waals surface area contributed by atoms with Gasteiger partial charge in [0.15, 0.2) is 0 Å². The minimum absolute atomic E-state index is 0.0402. The lowest BCUT2D eigenvalue weighted by Gasteiger charge is -2.15. The molecule has 0 aromatic rings. The Bertz CT molecular complexity index is 188. The second kappa shape index (κ2) is 9.57. The Hall–Kier alpha value is -0.650. The van der Waals surface area contributed by atoms with Crippen LogP contribution in [0.4, 0.5) is 0 Å². The molecule has 2 atom stereocenters. The van der Waals surface area contributed by atoms with Gasteiger partial charge in [0.1, 0.15) is 0 Å². The maximum atomic E-state index is 11.4. The summed E-state index contributed by atoms with van der Waals surface area (Å²) in [5.41, 5.74) is 5.47. The highest BCUT2D eigenvalue weighted by Gasteiger charge is 2.09. The van der Waals surface area contributed by atoms with Crippen LogP contribution >= 0.6 is 0 Å². The van der Waals surface area contributed by atoms with Crippen LogP contribution in [-0.4, -0.2) is 45.9 Å². The van der Waals surface area contributed by atoms with E-state index < -0.39 is 0 Å². The quantitative estimate of drug-likeness (QED) is 0.593. The standard InChI is InChI=1S/C11H24N2O3/c1-9(6-12)4-5-11(14)13-7-10(16-3)8-15-2/h9-10H,4-8,12H2,1-3H3,(H,13,14). The van der Waals surface area contributed by atoms with Gasteiger partial charge in [0.2, 0.25) is 5.91 Å². The second-order valence-electron chi connectivity index (χ2n) is 4.00. The lowest BCUT2D eigenvalue weighted by atomic mass is 10.1. The molecular formula is C11H24N2O3. The van der Waals surface area contributed by atoms with Crippen LogP contribution in [0.5, 0.6) is 0 Å². The fraction of sp³-hybridized carbons (Fsp3) is 0.909. The molecule has 0 radical (unpaired) electrons. The Morgan fingerprint density at radius 2 is 2.12 bits per heavy atom. The molecule has 0 rings (SSSR count).